The van der Waals surface area contributed by atoms with E-state index in [4.69, 9.17) is 5.26 Å². The maximum absolute atomic E-state index is 11.9. The molecule has 0 aliphatic rings. The molecule has 0 amide bonds. The zero-order chi connectivity index (χ0) is 16.7. The highest BCUT2D eigenvalue weighted by molar-refractivity contribution is 7.89. The van der Waals surface area contributed by atoms with Crippen molar-refractivity contribution >= 4 is 10.0 Å². The topological polar surface area (TPSA) is 95.7 Å². The highest BCUT2D eigenvalue weighted by atomic mass is 32.2. The minimum atomic E-state index is -3.38. The molecule has 1 aromatic heterocycles. The van der Waals surface area contributed by atoms with Gasteiger partial charge >= 0.3 is 0 Å². The fourth-order valence-corrected chi connectivity index (χ4v) is 3.47. The van der Waals surface area contributed by atoms with Crippen LogP contribution in [0.5, 0.6) is 0 Å². The number of hydrogen-bond acceptors (Lipinski definition) is 5. The summed E-state index contributed by atoms with van der Waals surface area (Å²) in [6.45, 7) is 1.79. The predicted molar refractivity (Wildman–Crippen MR) is 87.7 cm³/mol. The minimum absolute atomic E-state index is 0.0374. The number of aromatic nitrogens is 2. The Kier molecular flexibility index (Phi) is 5.79. The molecule has 1 N–H and O–H groups in total. The Balaban J connectivity index is 2.03. The van der Waals surface area contributed by atoms with E-state index in [9.17, 15) is 8.42 Å². The molecule has 1 aromatic carbocycles. The Hall–Kier alpha value is -2.30. The van der Waals surface area contributed by atoms with Crippen molar-refractivity contribution in [2.45, 2.75) is 25.8 Å². The zero-order valence-corrected chi connectivity index (χ0v) is 13.6. The lowest BCUT2D eigenvalue weighted by molar-refractivity contribution is 0.564. The van der Waals surface area contributed by atoms with E-state index in [0.29, 0.717) is 6.42 Å². The van der Waals surface area contributed by atoms with Crippen LogP contribution in [0, 0.1) is 11.3 Å². The van der Waals surface area contributed by atoms with Crippen molar-refractivity contribution in [3.8, 4) is 17.2 Å². The molecule has 7 heteroatoms. The van der Waals surface area contributed by atoms with Crippen LogP contribution in [0.1, 0.15) is 31.4 Å². The summed E-state index contributed by atoms with van der Waals surface area (Å²) in [6.07, 6.45) is 5.50. The molecule has 0 fully saturated rings. The molecular formula is C16H18N4O2S. The molecule has 1 atom stereocenters. The third kappa shape index (κ3) is 5.13. The van der Waals surface area contributed by atoms with Gasteiger partial charge in [0.15, 0.2) is 0 Å². The summed E-state index contributed by atoms with van der Waals surface area (Å²) in [5, 5.41) is 8.47. The Labute approximate surface area is 136 Å². The third-order valence-electron chi connectivity index (χ3n) is 3.36. The largest absolute Gasteiger partial charge is 0.244 e. The molecule has 1 heterocycles. The van der Waals surface area contributed by atoms with Crippen LogP contribution in [0.3, 0.4) is 0 Å². The summed E-state index contributed by atoms with van der Waals surface area (Å²) in [5.74, 6) is -0.0374. The first-order valence-electron chi connectivity index (χ1n) is 7.24. The van der Waals surface area contributed by atoms with Gasteiger partial charge in [0.05, 0.1) is 11.8 Å². The average molecular weight is 330 g/mol. The van der Waals surface area contributed by atoms with Crippen molar-refractivity contribution in [3.05, 3.63) is 48.5 Å². The van der Waals surface area contributed by atoms with E-state index in [0.717, 1.165) is 16.7 Å². The molecular weight excluding hydrogens is 312 g/mol. The Bertz CT molecular complexity index is 768. The number of sulfonamides is 1. The molecule has 2 rings (SSSR count). The van der Waals surface area contributed by atoms with Crippen LogP contribution in [0.15, 0.2) is 43.0 Å². The van der Waals surface area contributed by atoms with Gasteiger partial charge in [-0.05, 0) is 24.5 Å². The van der Waals surface area contributed by atoms with Crippen molar-refractivity contribution in [1.82, 2.24) is 14.7 Å². The predicted octanol–water partition coefficient (Wildman–Crippen LogP) is 2.43. The molecule has 120 valence electrons. The van der Waals surface area contributed by atoms with E-state index >= 15 is 0 Å². The number of nitrogens with zero attached hydrogens (tertiary/aromatic N) is 3. The fourth-order valence-electron chi connectivity index (χ4n) is 2.15. The summed E-state index contributed by atoms with van der Waals surface area (Å²) in [6, 6.07) is 9.20. The summed E-state index contributed by atoms with van der Waals surface area (Å²) in [4.78, 5) is 7.95. The van der Waals surface area contributed by atoms with E-state index in [1.54, 1.807) is 19.3 Å². The first-order valence-corrected chi connectivity index (χ1v) is 8.89. The lowest BCUT2D eigenvalue weighted by Crippen LogP contribution is -2.29. The van der Waals surface area contributed by atoms with Crippen molar-refractivity contribution in [3.63, 3.8) is 0 Å². The smallest absolute Gasteiger partial charge is 0.212 e. The number of rotatable bonds is 7. The molecule has 6 nitrogen and oxygen atoms in total. The fraction of sp³-hybridized carbons (Fsp3) is 0.312. The number of hydrogen-bond donors (Lipinski definition) is 1. The van der Waals surface area contributed by atoms with E-state index in [2.05, 4.69) is 14.7 Å². The molecule has 0 saturated carbocycles. The van der Waals surface area contributed by atoms with Crippen molar-refractivity contribution in [2.75, 3.05) is 5.75 Å². The van der Waals surface area contributed by atoms with Crippen molar-refractivity contribution < 1.29 is 8.42 Å². The molecule has 0 aliphatic carbocycles. The lowest BCUT2D eigenvalue weighted by atomic mass is 10.0. The standard InChI is InChI=1S/C16H18N4O2S/c1-13(20-23(21,22)9-3-2-8-17)14-4-6-15(7-5-14)16-10-18-12-19-11-16/h4-7,10-13,20H,2-3,9H2,1H3/t13-/m0/s1. The van der Waals surface area contributed by atoms with E-state index in [1.165, 1.54) is 6.33 Å². The maximum Gasteiger partial charge on any atom is 0.212 e. The van der Waals surface area contributed by atoms with Gasteiger partial charge in [0.2, 0.25) is 10.0 Å². The molecule has 0 unspecified atom stereocenters. The highest BCUT2D eigenvalue weighted by Crippen LogP contribution is 2.21. The maximum atomic E-state index is 11.9. The van der Waals surface area contributed by atoms with Gasteiger partial charge in [0.1, 0.15) is 6.33 Å². The summed E-state index contributed by atoms with van der Waals surface area (Å²) < 4.78 is 26.5. The number of nitriles is 1. The van der Waals surface area contributed by atoms with Crippen LogP contribution in [0.4, 0.5) is 0 Å². The average Bonchev–Trinajstić information content (AvgIpc) is 2.55. The highest BCUT2D eigenvalue weighted by Gasteiger charge is 2.15. The second-order valence-electron chi connectivity index (χ2n) is 5.17. The van der Waals surface area contributed by atoms with Gasteiger partial charge in [-0.25, -0.2) is 23.1 Å². The van der Waals surface area contributed by atoms with Gasteiger partial charge in [-0.15, -0.1) is 0 Å². The molecule has 23 heavy (non-hydrogen) atoms. The molecule has 0 saturated heterocycles. The van der Waals surface area contributed by atoms with Gasteiger partial charge in [-0.1, -0.05) is 24.3 Å². The molecule has 2 aromatic rings. The van der Waals surface area contributed by atoms with Gasteiger partial charge in [-0.3, -0.25) is 0 Å². The Morgan fingerprint density at radius 2 is 1.83 bits per heavy atom. The number of benzene rings is 1. The summed E-state index contributed by atoms with van der Waals surface area (Å²) in [5.41, 5.74) is 2.75. The molecule has 0 aliphatic heterocycles. The monoisotopic (exact) mass is 330 g/mol. The van der Waals surface area contributed by atoms with E-state index in [-0.39, 0.29) is 18.2 Å². The van der Waals surface area contributed by atoms with Crippen LogP contribution in [-0.2, 0) is 10.0 Å². The number of unbranched alkanes of at least 4 members (excludes halogenated alkanes) is 1. The summed E-state index contributed by atoms with van der Waals surface area (Å²) >= 11 is 0. The van der Waals surface area contributed by atoms with Crippen molar-refractivity contribution in [2.24, 2.45) is 0 Å². The normalized spacial score (nSPS) is 12.5. The Morgan fingerprint density at radius 1 is 1.17 bits per heavy atom. The van der Waals surface area contributed by atoms with Crippen LogP contribution >= 0.6 is 0 Å². The quantitative estimate of drug-likeness (QED) is 0.787. The first kappa shape index (κ1) is 17.1. The first-order chi connectivity index (χ1) is 11.0. The van der Waals surface area contributed by atoms with Crippen molar-refractivity contribution in [1.29, 1.82) is 5.26 Å². The number of nitrogens with one attached hydrogen (secondary N) is 1. The van der Waals surface area contributed by atoms with Crippen LogP contribution in [0.25, 0.3) is 11.1 Å². The second-order valence-corrected chi connectivity index (χ2v) is 7.04. The minimum Gasteiger partial charge on any atom is -0.244 e. The molecule has 0 spiro atoms. The SMILES string of the molecule is C[C@H](NS(=O)(=O)CCCC#N)c1ccc(-c2cncnc2)cc1. The lowest BCUT2D eigenvalue weighted by Gasteiger charge is -2.15. The van der Waals surface area contributed by atoms with Gasteiger partial charge in [-0.2, -0.15) is 5.26 Å². The summed E-state index contributed by atoms with van der Waals surface area (Å²) in [7, 11) is -3.38. The van der Waals surface area contributed by atoms with E-state index in [1.807, 2.05) is 30.3 Å². The molecule has 0 bridgehead atoms. The van der Waals surface area contributed by atoms with Gasteiger partial charge in [0, 0.05) is 30.4 Å². The van der Waals surface area contributed by atoms with E-state index < -0.39 is 10.0 Å². The zero-order valence-electron chi connectivity index (χ0n) is 12.8. The van der Waals surface area contributed by atoms with Gasteiger partial charge in [0.25, 0.3) is 0 Å². The Morgan fingerprint density at radius 3 is 2.43 bits per heavy atom. The van der Waals surface area contributed by atoms with Gasteiger partial charge < -0.3 is 0 Å². The second kappa shape index (κ2) is 7.81. The molecule has 0 radical (unpaired) electrons. The van der Waals surface area contributed by atoms with Crippen LogP contribution in [0.2, 0.25) is 0 Å². The van der Waals surface area contributed by atoms with Crippen LogP contribution in [-0.4, -0.2) is 24.1 Å². The van der Waals surface area contributed by atoms with Crippen LogP contribution < -0.4 is 4.72 Å². The third-order valence-corrected chi connectivity index (χ3v) is 4.90.